The normalized spacial score (nSPS) is 11.7. The monoisotopic (exact) mass is 409 g/mol. The van der Waals surface area contributed by atoms with Crippen molar-refractivity contribution in [2.24, 2.45) is 5.10 Å². The highest BCUT2D eigenvalue weighted by Gasteiger charge is 2.19. The predicted molar refractivity (Wildman–Crippen MR) is 94.8 cm³/mol. The van der Waals surface area contributed by atoms with Crippen LogP contribution in [0.3, 0.4) is 0 Å². The van der Waals surface area contributed by atoms with Crippen LogP contribution in [0.1, 0.15) is 42.5 Å². The number of hydrazone groups is 1. The summed E-state index contributed by atoms with van der Waals surface area (Å²) in [5, 5.41) is 31.1. The molecule has 25 heavy (non-hydrogen) atoms. The number of hydrogen-bond donors (Lipinski definition) is 3. The molecule has 0 fully saturated rings. The predicted octanol–water partition coefficient (Wildman–Crippen LogP) is 2.85. The highest BCUT2D eigenvalue weighted by atomic mass is 79.9. The van der Waals surface area contributed by atoms with Gasteiger partial charge in [0.05, 0.1) is 15.6 Å². The zero-order valence-corrected chi connectivity index (χ0v) is 15.3. The Bertz CT molecular complexity index is 854. The summed E-state index contributed by atoms with van der Waals surface area (Å²) < 4.78 is 0.150. The summed E-state index contributed by atoms with van der Waals surface area (Å²) in [5.74, 6) is -0.773. The summed E-state index contributed by atoms with van der Waals surface area (Å²) in [6.45, 7) is 5.93. The molecule has 0 aliphatic rings. The van der Waals surface area contributed by atoms with E-state index in [4.69, 9.17) is 0 Å². The van der Waals surface area contributed by atoms with Crippen molar-refractivity contribution in [1.82, 2.24) is 15.6 Å². The fourth-order valence-corrected chi connectivity index (χ4v) is 2.31. The Kier molecular flexibility index (Phi) is 5.21. The Morgan fingerprint density at radius 2 is 2.12 bits per heavy atom. The molecule has 0 saturated carbocycles. The number of H-pyrrole nitrogens is 1. The minimum Gasteiger partial charge on any atom is -0.506 e. The van der Waals surface area contributed by atoms with Gasteiger partial charge in [0.25, 0.3) is 11.6 Å². The van der Waals surface area contributed by atoms with Crippen LogP contribution in [-0.2, 0) is 5.41 Å². The number of aromatic amines is 1. The van der Waals surface area contributed by atoms with E-state index in [1.807, 2.05) is 20.8 Å². The second kappa shape index (κ2) is 7.01. The van der Waals surface area contributed by atoms with Gasteiger partial charge in [-0.3, -0.25) is 20.0 Å². The summed E-state index contributed by atoms with van der Waals surface area (Å²) in [7, 11) is 0. The maximum atomic E-state index is 12.0. The fraction of sp³-hybridized carbons (Fsp3) is 0.267. The van der Waals surface area contributed by atoms with Crippen LogP contribution in [0.25, 0.3) is 0 Å². The van der Waals surface area contributed by atoms with E-state index in [1.54, 1.807) is 6.07 Å². The van der Waals surface area contributed by atoms with Gasteiger partial charge in [-0.2, -0.15) is 10.2 Å². The zero-order chi connectivity index (χ0) is 18.8. The Morgan fingerprint density at radius 3 is 2.68 bits per heavy atom. The van der Waals surface area contributed by atoms with Gasteiger partial charge in [-0.1, -0.05) is 20.8 Å². The minimum atomic E-state index is -0.599. The SMILES string of the molecule is CC(C)(C)c1cc(C(=O)NN=Cc2cc([N+](=O)[O-])cc(Br)c2O)n[nH]1. The van der Waals surface area contributed by atoms with E-state index in [0.717, 1.165) is 18.0 Å². The van der Waals surface area contributed by atoms with E-state index in [0.29, 0.717) is 0 Å². The van der Waals surface area contributed by atoms with Crippen molar-refractivity contribution in [3.8, 4) is 5.75 Å². The van der Waals surface area contributed by atoms with Gasteiger partial charge in [0.2, 0.25) is 0 Å². The highest BCUT2D eigenvalue weighted by molar-refractivity contribution is 9.10. The number of carbonyl (C=O) groups excluding carboxylic acids is 1. The van der Waals surface area contributed by atoms with Crippen LogP contribution >= 0.6 is 15.9 Å². The maximum absolute atomic E-state index is 12.0. The fourth-order valence-electron chi connectivity index (χ4n) is 1.85. The van der Waals surface area contributed by atoms with E-state index in [2.05, 4.69) is 36.7 Å². The van der Waals surface area contributed by atoms with Crippen molar-refractivity contribution in [3.63, 3.8) is 0 Å². The van der Waals surface area contributed by atoms with Gasteiger partial charge in [0.1, 0.15) is 5.75 Å². The number of halogens is 1. The average Bonchev–Trinajstić information content (AvgIpc) is 3.01. The zero-order valence-electron chi connectivity index (χ0n) is 13.7. The van der Waals surface area contributed by atoms with Crippen molar-refractivity contribution in [3.05, 3.63) is 49.7 Å². The van der Waals surface area contributed by atoms with Crippen LogP contribution in [0.15, 0.2) is 27.8 Å². The van der Waals surface area contributed by atoms with Gasteiger partial charge in [0, 0.05) is 28.8 Å². The lowest BCUT2D eigenvalue weighted by Crippen LogP contribution is -2.18. The van der Waals surface area contributed by atoms with E-state index in [9.17, 15) is 20.0 Å². The number of phenolic OH excluding ortho intramolecular Hbond substituents is 1. The average molecular weight is 410 g/mol. The number of hydrogen-bond acceptors (Lipinski definition) is 6. The van der Waals surface area contributed by atoms with Gasteiger partial charge in [-0.15, -0.1) is 0 Å². The van der Waals surface area contributed by atoms with Crippen LogP contribution in [-0.4, -0.2) is 32.3 Å². The molecule has 1 aromatic carbocycles. The van der Waals surface area contributed by atoms with Crippen molar-refractivity contribution < 1.29 is 14.8 Å². The molecule has 1 amide bonds. The smallest absolute Gasteiger partial charge is 0.291 e. The highest BCUT2D eigenvalue weighted by Crippen LogP contribution is 2.31. The van der Waals surface area contributed by atoms with Crippen LogP contribution < -0.4 is 5.43 Å². The number of benzene rings is 1. The number of carbonyl (C=O) groups is 1. The molecule has 0 aliphatic heterocycles. The number of nitro benzene ring substituents is 1. The van der Waals surface area contributed by atoms with Crippen LogP contribution in [0.5, 0.6) is 5.75 Å². The van der Waals surface area contributed by atoms with Gasteiger partial charge < -0.3 is 5.11 Å². The molecule has 1 aromatic heterocycles. The number of amides is 1. The molecule has 10 heteroatoms. The molecule has 0 spiro atoms. The molecule has 3 N–H and O–H groups in total. The van der Waals surface area contributed by atoms with Gasteiger partial charge in [0.15, 0.2) is 5.69 Å². The molecule has 1 heterocycles. The molecule has 2 aromatic rings. The first-order valence-electron chi connectivity index (χ1n) is 7.16. The van der Waals surface area contributed by atoms with Crippen LogP contribution in [0, 0.1) is 10.1 Å². The molecular weight excluding hydrogens is 394 g/mol. The minimum absolute atomic E-state index is 0.0822. The summed E-state index contributed by atoms with van der Waals surface area (Å²) in [6.07, 6.45) is 1.11. The molecule has 2 rings (SSSR count). The number of aromatic hydroxyl groups is 1. The Labute approximate surface area is 151 Å². The molecule has 0 radical (unpaired) electrons. The van der Waals surface area contributed by atoms with Crippen molar-refractivity contribution in [2.75, 3.05) is 0 Å². The van der Waals surface area contributed by atoms with E-state index in [1.165, 1.54) is 6.07 Å². The third-order valence-corrected chi connectivity index (χ3v) is 3.88. The number of nitro groups is 1. The third-order valence-electron chi connectivity index (χ3n) is 3.28. The lowest BCUT2D eigenvalue weighted by atomic mass is 9.92. The number of nitrogens with one attached hydrogen (secondary N) is 2. The molecular formula is C15H16BrN5O4. The second-order valence-corrected chi connectivity index (χ2v) is 7.09. The number of nitrogens with zero attached hydrogens (tertiary/aromatic N) is 3. The summed E-state index contributed by atoms with van der Waals surface area (Å²) in [4.78, 5) is 22.3. The number of aromatic nitrogens is 2. The lowest BCUT2D eigenvalue weighted by molar-refractivity contribution is -0.385. The Hall–Kier alpha value is -2.75. The van der Waals surface area contributed by atoms with Crippen molar-refractivity contribution in [1.29, 1.82) is 0 Å². The first-order chi connectivity index (χ1) is 11.6. The van der Waals surface area contributed by atoms with Gasteiger partial charge in [-0.25, -0.2) is 5.43 Å². The first kappa shape index (κ1) is 18.6. The molecule has 0 bridgehead atoms. The molecule has 9 nitrogen and oxygen atoms in total. The summed E-state index contributed by atoms with van der Waals surface area (Å²) in [5.41, 5.74) is 2.89. The second-order valence-electron chi connectivity index (χ2n) is 6.24. The summed E-state index contributed by atoms with van der Waals surface area (Å²) >= 11 is 3.03. The molecule has 0 saturated heterocycles. The largest absolute Gasteiger partial charge is 0.506 e. The topological polar surface area (TPSA) is 134 Å². The molecule has 0 aliphatic carbocycles. The Morgan fingerprint density at radius 1 is 1.44 bits per heavy atom. The van der Waals surface area contributed by atoms with Crippen molar-refractivity contribution in [2.45, 2.75) is 26.2 Å². The van der Waals surface area contributed by atoms with E-state index in [-0.39, 0.29) is 32.6 Å². The summed E-state index contributed by atoms with van der Waals surface area (Å²) in [6, 6.07) is 3.93. The van der Waals surface area contributed by atoms with Crippen LogP contribution in [0.4, 0.5) is 5.69 Å². The molecule has 0 atom stereocenters. The number of non-ortho nitro benzene ring substituents is 1. The molecule has 132 valence electrons. The Balaban J connectivity index is 2.14. The van der Waals surface area contributed by atoms with Crippen molar-refractivity contribution >= 4 is 33.7 Å². The quantitative estimate of drug-likeness (QED) is 0.405. The molecule has 0 unspecified atom stereocenters. The van der Waals surface area contributed by atoms with Gasteiger partial charge >= 0.3 is 0 Å². The first-order valence-corrected chi connectivity index (χ1v) is 7.95. The third kappa shape index (κ3) is 4.41. The van der Waals surface area contributed by atoms with Gasteiger partial charge in [-0.05, 0) is 22.0 Å². The standard InChI is InChI=1S/C15H16BrN5O4/c1-15(2,3)12-6-11(18-19-12)14(23)20-17-7-8-4-9(21(24)25)5-10(16)13(8)22/h4-7,22H,1-3H3,(H,18,19)(H,20,23). The van der Waals surface area contributed by atoms with Crippen LogP contribution in [0.2, 0.25) is 0 Å². The maximum Gasteiger partial charge on any atom is 0.291 e. The van der Waals surface area contributed by atoms with E-state index < -0.39 is 10.8 Å². The van der Waals surface area contributed by atoms with E-state index >= 15 is 0 Å². The lowest BCUT2D eigenvalue weighted by Gasteiger charge is -2.14. The number of rotatable bonds is 4. The number of phenols is 1.